The van der Waals surface area contributed by atoms with Gasteiger partial charge in [0.15, 0.2) is 4.96 Å². The summed E-state index contributed by atoms with van der Waals surface area (Å²) in [6, 6.07) is 7.62. The Kier molecular flexibility index (Phi) is 3.15. The molecule has 20 heavy (non-hydrogen) atoms. The Hall–Kier alpha value is -2.34. The number of ether oxygens (including phenoxy) is 1. The highest BCUT2D eigenvalue weighted by atomic mass is 32.1. The molecule has 0 aliphatic rings. The minimum absolute atomic E-state index is 0.00157. The summed E-state index contributed by atoms with van der Waals surface area (Å²) >= 11 is 1.44. The maximum absolute atomic E-state index is 10.8. The number of nitrogens with zero attached hydrogens (tertiary/aromatic N) is 2. The molecule has 0 unspecified atom stereocenters. The molecular formula is C14H12N2O3S. The summed E-state index contributed by atoms with van der Waals surface area (Å²) in [5, 5.41) is 10.7. The predicted molar refractivity (Wildman–Crippen MR) is 76.4 cm³/mol. The van der Waals surface area contributed by atoms with Gasteiger partial charge in [0.2, 0.25) is 0 Å². The van der Waals surface area contributed by atoms with Crippen LogP contribution >= 0.6 is 11.3 Å². The second-order valence-electron chi connectivity index (χ2n) is 4.30. The first-order chi connectivity index (χ1) is 9.67. The molecule has 3 aromatic rings. The van der Waals surface area contributed by atoms with Gasteiger partial charge in [-0.1, -0.05) is 0 Å². The molecule has 0 fully saturated rings. The van der Waals surface area contributed by atoms with E-state index in [9.17, 15) is 4.79 Å². The summed E-state index contributed by atoms with van der Waals surface area (Å²) in [7, 11) is 1.62. The van der Waals surface area contributed by atoms with Crippen molar-refractivity contribution in [2.24, 2.45) is 0 Å². The number of benzene rings is 1. The first-order valence-electron chi connectivity index (χ1n) is 5.99. The van der Waals surface area contributed by atoms with E-state index in [1.165, 1.54) is 11.3 Å². The van der Waals surface area contributed by atoms with Crippen molar-refractivity contribution in [2.45, 2.75) is 6.42 Å². The lowest BCUT2D eigenvalue weighted by molar-refractivity contribution is -0.136. The number of aliphatic carboxylic acids is 1. The summed E-state index contributed by atoms with van der Waals surface area (Å²) in [4.78, 5) is 16.1. The number of carboxylic acid groups (broad SMARTS) is 1. The minimum atomic E-state index is -0.843. The number of carboxylic acids is 1. The molecule has 1 aromatic carbocycles. The van der Waals surface area contributed by atoms with Crippen LogP contribution in [-0.4, -0.2) is 27.6 Å². The second-order valence-corrected chi connectivity index (χ2v) is 5.14. The lowest BCUT2D eigenvalue weighted by Gasteiger charge is -2.00. The van der Waals surface area contributed by atoms with Gasteiger partial charge in [-0.2, -0.15) is 0 Å². The van der Waals surface area contributed by atoms with Crippen molar-refractivity contribution in [1.29, 1.82) is 0 Å². The van der Waals surface area contributed by atoms with Crippen LogP contribution in [0.2, 0.25) is 0 Å². The summed E-state index contributed by atoms with van der Waals surface area (Å²) in [5.41, 5.74) is 2.54. The van der Waals surface area contributed by atoms with E-state index in [0.29, 0.717) is 0 Å². The summed E-state index contributed by atoms with van der Waals surface area (Å²) < 4.78 is 6.95. The Morgan fingerprint density at radius 2 is 2.15 bits per heavy atom. The van der Waals surface area contributed by atoms with Crippen LogP contribution in [0.4, 0.5) is 0 Å². The molecule has 2 aromatic heterocycles. The molecule has 0 spiro atoms. The summed E-state index contributed by atoms with van der Waals surface area (Å²) in [6.07, 6.45) is 1.87. The van der Waals surface area contributed by atoms with E-state index in [0.717, 1.165) is 27.7 Å². The van der Waals surface area contributed by atoms with Gasteiger partial charge in [0, 0.05) is 22.8 Å². The van der Waals surface area contributed by atoms with Crippen molar-refractivity contribution in [3.05, 3.63) is 41.5 Å². The Morgan fingerprint density at radius 1 is 1.40 bits per heavy atom. The molecular weight excluding hydrogens is 276 g/mol. The molecule has 5 nitrogen and oxygen atoms in total. The average Bonchev–Trinajstić information content (AvgIpc) is 3.01. The topological polar surface area (TPSA) is 63.8 Å². The second kappa shape index (κ2) is 4.97. The number of methoxy groups -OCH3 is 1. The van der Waals surface area contributed by atoms with E-state index >= 15 is 0 Å². The SMILES string of the molecule is COc1ccc(-c2cn3c(CC(=O)O)csc3n2)cc1. The highest BCUT2D eigenvalue weighted by Crippen LogP contribution is 2.25. The third-order valence-electron chi connectivity index (χ3n) is 3.00. The zero-order chi connectivity index (χ0) is 14.1. The molecule has 102 valence electrons. The number of rotatable bonds is 4. The number of fused-ring (bicyclic) bond motifs is 1. The first-order valence-corrected chi connectivity index (χ1v) is 6.87. The van der Waals surface area contributed by atoms with Crippen LogP contribution in [0.1, 0.15) is 5.69 Å². The van der Waals surface area contributed by atoms with E-state index in [1.807, 2.05) is 40.2 Å². The maximum atomic E-state index is 10.8. The van der Waals surface area contributed by atoms with Gasteiger partial charge in [-0.3, -0.25) is 9.20 Å². The van der Waals surface area contributed by atoms with Crippen LogP contribution < -0.4 is 4.74 Å². The molecule has 1 N–H and O–H groups in total. The van der Waals surface area contributed by atoms with Gasteiger partial charge in [0.05, 0.1) is 19.2 Å². The van der Waals surface area contributed by atoms with Crippen molar-refractivity contribution in [1.82, 2.24) is 9.38 Å². The van der Waals surface area contributed by atoms with E-state index in [4.69, 9.17) is 9.84 Å². The number of imidazole rings is 1. The van der Waals surface area contributed by atoms with Crippen LogP contribution in [0, 0.1) is 0 Å². The van der Waals surface area contributed by atoms with Crippen molar-refractivity contribution >= 4 is 22.3 Å². The number of aromatic nitrogens is 2. The van der Waals surface area contributed by atoms with Crippen LogP contribution in [-0.2, 0) is 11.2 Å². The molecule has 6 heteroatoms. The molecule has 0 radical (unpaired) electrons. The lowest BCUT2D eigenvalue weighted by atomic mass is 10.2. The highest BCUT2D eigenvalue weighted by molar-refractivity contribution is 7.15. The fraction of sp³-hybridized carbons (Fsp3) is 0.143. The standard InChI is InChI=1S/C14H12N2O3S/c1-19-11-4-2-9(3-5-11)12-7-16-10(6-13(17)18)8-20-14(16)15-12/h2-5,7-8H,6H2,1H3,(H,17,18). The largest absolute Gasteiger partial charge is 0.497 e. The summed E-state index contributed by atoms with van der Waals surface area (Å²) in [6.45, 7) is 0. The van der Waals surface area contributed by atoms with Crippen molar-refractivity contribution in [3.8, 4) is 17.0 Å². The van der Waals surface area contributed by atoms with Gasteiger partial charge in [-0.05, 0) is 24.3 Å². The molecule has 0 aliphatic carbocycles. The molecule has 0 atom stereocenters. The Balaban J connectivity index is 1.99. The third kappa shape index (κ3) is 2.25. The van der Waals surface area contributed by atoms with Crippen molar-refractivity contribution < 1.29 is 14.6 Å². The van der Waals surface area contributed by atoms with E-state index in [2.05, 4.69) is 4.98 Å². The molecule has 2 heterocycles. The highest BCUT2D eigenvalue weighted by Gasteiger charge is 2.11. The lowest BCUT2D eigenvalue weighted by Crippen LogP contribution is -2.02. The molecule has 0 bridgehead atoms. The van der Waals surface area contributed by atoms with Crippen molar-refractivity contribution in [2.75, 3.05) is 7.11 Å². The molecule has 0 saturated heterocycles. The van der Waals surface area contributed by atoms with Gasteiger partial charge < -0.3 is 9.84 Å². The fourth-order valence-corrected chi connectivity index (χ4v) is 2.89. The van der Waals surface area contributed by atoms with E-state index in [1.54, 1.807) is 7.11 Å². The number of hydrogen-bond acceptors (Lipinski definition) is 4. The average molecular weight is 288 g/mol. The zero-order valence-electron chi connectivity index (χ0n) is 10.7. The molecule has 0 amide bonds. The normalized spacial score (nSPS) is 10.8. The monoisotopic (exact) mass is 288 g/mol. The molecule has 0 aliphatic heterocycles. The van der Waals surface area contributed by atoms with E-state index < -0.39 is 5.97 Å². The third-order valence-corrected chi connectivity index (χ3v) is 3.89. The number of thiazole rings is 1. The molecule has 3 rings (SSSR count). The Morgan fingerprint density at radius 3 is 2.80 bits per heavy atom. The quantitative estimate of drug-likeness (QED) is 0.801. The molecule has 0 saturated carbocycles. The van der Waals surface area contributed by atoms with Gasteiger partial charge in [0.25, 0.3) is 0 Å². The van der Waals surface area contributed by atoms with E-state index in [-0.39, 0.29) is 6.42 Å². The van der Waals surface area contributed by atoms with Gasteiger partial charge >= 0.3 is 5.97 Å². The van der Waals surface area contributed by atoms with Gasteiger partial charge in [-0.15, -0.1) is 11.3 Å². The van der Waals surface area contributed by atoms with Crippen LogP contribution in [0.5, 0.6) is 5.75 Å². The predicted octanol–water partition coefficient (Wildman–Crippen LogP) is 2.70. The zero-order valence-corrected chi connectivity index (χ0v) is 11.6. The number of carbonyl (C=O) groups is 1. The van der Waals surface area contributed by atoms with Crippen LogP contribution in [0.25, 0.3) is 16.2 Å². The number of hydrogen-bond donors (Lipinski definition) is 1. The first kappa shape index (κ1) is 12.7. The summed E-state index contributed by atoms with van der Waals surface area (Å²) in [5.74, 6) is -0.0502. The Bertz CT molecular complexity index is 758. The van der Waals surface area contributed by atoms with Gasteiger partial charge in [-0.25, -0.2) is 4.98 Å². The minimum Gasteiger partial charge on any atom is -0.497 e. The maximum Gasteiger partial charge on any atom is 0.309 e. The fourth-order valence-electron chi connectivity index (χ4n) is 2.01. The van der Waals surface area contributed by atoms with Crippen LogP contribution in [0.15, 0.2) is 35.8 Å². The smallest absolute Gasteiger partial charge is 0.309 e. The van der Waals surface area contributed by atoms with Crippen molar-refractivity contribution in [3.63, 3.8) is 0 Å². The van der Waals surface area contributed by atoms with Gasteiger partial charge in [0.1, 0.15) is 5.75 Å². The Labute approximate surface area is 119 Å². The van der Waals surface area contributed by atoms with Crippen LogP contribution in [0.3, 0.4) is 0 Å².